The van der Waals surface area contributed by atoms with Gasteiger partial charge in [0, 0.05) is 5.41 Å². The third-order valence-electron chi connectivity index (χ3n) is 6.43. The molecule has 0 aliphatic heterocycles. The molecule has 0 radical (unpaired) electrons. The van der Waals surface area contributed by atoms with Gasteiger partial charge in [0.05, 0.1) is 12.7 Å². The first-order chi connectivity index (χ1) is 12.6. The van der Waals surface area contributed by atoms with Gasteiger partial charge in [-0.2, -0.15) is 0 Å². The van der Waals surface area contributed by atoms with Gasteiger partial charge in [-0.1, -0.05) is 48.6 Å². The number of esters is 1. The summed E-state index contributed by atoms with van der Waals surface area (Å²) >= 11 is 0. The van der Waals surface area contributed by atoms with E-state index in [0.717, 1.165) is 32.1 Å². The number of fused-ring (bicyclic) bond motifs is 3. The Bertz CT molecular complexity index is 837. The second kappa shape index (κ2) is 6.75. The number of aryl methyl sites for hydroxylation is 1. The topological polar surface area (TPSA) is 26.3 Å². The highest BCUT2D eigenvalue weighted by Crippen LogP contribution is 2.53. The van der Waals surface area contributed by atoms with Crippen molar-refractivity contribution >= 4 is 5.97 Å². The Morgan fingerprint density at radius 3 is 2.77 bits per heavy atom. The third kappa shape index (κ3) is 2.88. The van der Waals surface area contributed by atoms with Crippen molar-refractivity contribution in [1.29, 1.82) is 0 Å². The summed E-state index contributed by atoms with van der Waals surface area (Å²) in [6.45, 7) is 4.29. The lowest BCUT2D eigenvalue weighted by Crippen LogP contribution is -2.44. The van der Waals surface area contributed by atoms with Crippen LogP contribution in [0.5, 0.6) is 0 Å². The van der Waals surface area contributed by atoms with Crippen LogP contribution in [-0.4, -0.2) is 13.1 Å². The van der Waals surface area contributed by atoms with Crippen molar-refractivity contribution in [3.05, 3.63) is 82.9 Å². The van der Waals surface area contributed by atoms with E-state index in [2.05, 4.69) is 49.0 Å². The molecule has 0 saturated heterocycles. The highest BCUT2D eigenvalue weighted by molar-refractivity contribution is 5.89. The second-order valence-corrected chi connectivity index (χ2v) is 7.87. The zero-order chi connectivity index (χ0) is 18.1. The van der Waals surface area contributed by atoms with Crippen molar-refractivity contribution in [1.82, 2.24) is 0 Å². The molecule has 2 aliphatic rings. The van der Waals surface area contributed by atoms with Gasteiger partial charge in [0.1, 0.15) is 0 Å². The average molecular weight is 346 g/mol. The Kier molecular flexibility index (Phi) is 4.44. The number of rotatable bonds is 3. The first-order valence-corrected chi connectivity index (χ1v) is 9.55. The van der Waals surface area contributed by atoms with Gasteiger partial charge >= 0.3 is 5.97 Å². The molecule has 0 aromatic heterocycles. The number of benzene rings is 2. The molecule has 2 aromatic carbocycles. The van der Waals surface area contributed by atoms with E-state index >= 15 is 0 Å². The van der Waals surface area contributed by atoms with Crippen molar-refractivity contribution < 1.29 is 9.53 Å². The number of allylic oxidation sites excluding steroid dienone is 1. The van der Waals surface area contributed by atoms with E-state index in [4.69, 9.17) is 4.74 Å². The number of carbonyl (C=O) groups excluding carboxylic acids is 1. The Morgan fingerprint density at radius 1 is 1.19 bits per heavy atom. The fourth-order valence-corrected chi connectivity index (χ4v) is 5.13. The molecule has 26 heavy (non-hydrogen) atoms. The number of methoxy groups -OCH3 is 1. The van der Waals surface area contributed by atoms with Gasteiger partial charge in [-0.3, -0.25) is 0 Å². The SMILES string of the molecule is C=C1CC[C@@]2(Cc3ccccc3)c3ccc(C(=O)OC)cc3CC[C@@H]2C1. The predicted molar refractivity (Wildman–Crippen MR) is 104 cm³/mol. The van der Waals surface area contributed by atoms with Gasteiger partial charge in [0.2, 0.25) is 0 Å². The molecular weight excluding hydrogens is 320 g/mol. The Labute approximate surface area is 155 Å². The molecule has 2 heteroatoms. The van der Waals surface area contributed by atoms with E-state index < -0.39 is 0 Å². The molecule has 2 aliphatic carbocycles. The maximum atomic E-state index is 12.0. The number of hydrogen-bond donors (Lipinski definition) is 0. The van der Waals surface area contributed by atoms with Crippen LogP contribution in [0, 0.1) is 5.92 Å². The van der Waals surface area contributed by atoms with Crippen LogP contribution in [-0.2, 0) is 23.0 Å². The fourth-order valence-electron chi connectivity index (χ4n) is 5.13. The lowest BCUT2D eigenvalue weighted by atomic mass is 9.54. The quantitative estimate of drug-likeness (QED) is 0.560. The summed E-state index contributed by atoms with van der Waals surface area (Å²) < 4.78 is 4.92. The van der Waals surface area contributed by atoms with E-state index in [9.17, 15) is 4.79 Å². The number of hydrogen-bond acceptors (Lipinski definition) is 2. The van der Waals surface area contributed by atoms with Crippen LogP contribution < -0.4 is 0 Å². The minimum Gasteiger partial charge on any atom is -0.465 e. The molecule has 0 amide bonds. The highest BCUT2D eigenvalue weighted by Gasteiger charge is 2.46. The largest absolute Gasteiger partial charge is 0.465 e. The summed E-state index contributed by atoms with van der Waals surface area (Å²) in [4.78, 5) is 12.0. The highest BCUT2D eigenvalue weighted by atomic mass is 16.5. The van der Waals surface area contributed by atoms with Crippen LogP contribution in [0.3, 0.4) is 0 Å². The molecule has 0 unspecified atom stereocenters. The lowest BCUT2D eigenvalue weighted by molar-refractivity contribution is 0.0600. The zero-order valence-electron chi connectivity index (χ0n) is 15.5. The van der Waals surface area contributed by atoms with Crippen molar-refractivity contribution in [2.24, 2.45) is 5.92 Å². The molecule has 0 spiro atoms. The van der Waals surface area contributed by atoms with Gasteiger partial charge in [-0.25, -0.2) is 4.79 Å². The zero-order valence-corrected chi connectivity index (χ0v) is 15.5. The van der Waals surface area contributed by atoms with Crippen LogP contribution in [0.4, 0.5) is 0 Å². The van der Waals surface area contributed by atoms with Gasteiger partial charge in [0.15, 0.2) is 0 Å². The molecule has 134 valence electrons. The first kappa shape index (κ1) is 17.1. The summed E-state index contributed by atoms with van der Waals surface area (Å²) in [6, 6.07) is 17.0. The van der Waals surface area contributed by atoms with E-state index in [0.29, 0.717) is 11.5 Å². The Morgan fingerprint density at radius 2 is 2.00 bits per heavy atom. The maximum absolute atomic E-state index is 12.0. The molecule has 4 rings (SSSR count). The van der Waals surface area contributed by atoms with Crippen molar-refractivity contribution in [3.8, 4) is 0 Å². The van der Waals surface area contributed by atoms with E-state index in [1.165, 1.54) is 35.8 Å². The van der Waals surface area contributed by atoms with Crippen molar-refractivity contribution in [2.75, 3.05) is 7.11 Å². The summed E-state index contributed by atoms with van der Waals surface area (Å²) in [5.41, 5.74) is 6.39. The van der Waals surface area contributed by atoms with Crippen molar-refractivity contribution in [2.45, 2.75) is 43.9 Å². The molecule has 2 atom stereocenters. The lowest BCUT2D eigenvalue weighted by Gasteiger charge is -2.49. The molecule has 2 aromatic rings. The summed E-state index contributed by atoms with van der Waals surface area (Å²) in [5, 5.41) is 0. The molecule has 1 saturated carbocycles. The molecule has 0 bridgehead atoms. The third-order valence-corrected chi connectivity index (χ3v) is 6.43. The van der Waals surface area contributed by atoms with Crippen LogP contribution in [0.2, 0.25) is 0 Å². The van der Waals surface area contributed by atoms with Gasteiger partial charge in [-0.05, 0) is 73.3 Å². The predicted octanol–water partition coefficient (Wildman–Crippen LogP) is 5.26. The molecule has 0 N–H and O–H groups in total. The maximum Gasteiger partial charge on any atom is 0.337 e. The summed E-state index contributed by atoms with van der Waals surface area (Å²) in [7, 11) is 1.45. The molecular formula is C24H26O2. The fraction of sp³-hybridized carbons (Fsp3) is 0.375. The van der Waals surface area contributed by atoms with Gasteiger partial charge in [-0.15, -0.1) is 0 Å². The molecule has 0 heterocycles. The van der Waals surface area contributed by atoms with Crippen molar-refractivity contribution in [3.63, 3.8) is 0 Å². The smallest absolute Gasteiger partial charge is 0.337 e. The monoisotopic (exact) mass is 346 g/mol. The van der Waals surface area contributed by atoms with Gasteiger partial charge in [0.25, 0.3) is 0 Å². The molecule has 2 nitrogen and oxygen atoms in total. The van der Waals surface area contributed by atoms with Crippen LogP contribution >= 0.6 is 0 Å². The normalized spacial score (nSPS) is 24.5. The number of carbonyl (C=O) groups is 1. The van der Waals surface area contributed by atoms with E-state index in [-0.39, 0.29) is 11.4 Å². The minimum absolute atomic E-state index is 0.158. The van der Waals surface area contributed by atoms with Crippen LogP contribution in [0.25, 0.3) is 0 Å². The average Bonchev–Trinajstić information content (AvgIpc) is 2.68. The van der Waals surface area contributed by atoms with E-state index in [1.807, 2.05) is 6.07 Å². The van der Waals surface area contributed by atoms with Crippen LogP contribution in [0.1, 0.15) is 52.7 Å². The second-order valence-electron chi connectivity index (χ2n) is 7.87. The number of ether oxygens (including phenoxy) is 1. The standard InChI is InChI=1S/C24H26O2/c1-17-12-13-24(16-18-6-4-3-5-7-18)21(14-17)10-8-19-15-20(23(25)26-2)9-11-22(19)24/h3-7,9,11,15,21H,1,8,10,12-14,16H2,2H3/t21-,24+/m1/s1. The molecule has 1 fully saturated rings. The van der Waals surface area contributed by atoms with Gasteiger partial charge < -0.3 is 4.74 Å². The van der Waals surface area contributed by atoms with E-state index in [1.54, 1.807) is 0 Å². The summed E-state index contributed by atoms with van der Waals surface area (Å²) in [6.07, 6.45) is 6.65. The van der Waals surface area contributed by atoms with Crippen LogP contribution in [0.15, 0.2) is 60.7 Å². The Balaban J connectivity index is 1.79. The minimum atomic E-state index is -0.246. The Hall–Kier alpha value is -2.35. The summed E-state index contributed by atoms with van der Waals surface area (Å²) in [5.74, 6) is 0.393. The first-order valence-electron chi connectivity index (χ1n) is 9.55.